The van der Waals surface area contributed by atoms with Gasteiger partial charge in [-0.3, -0.25) is 39.9 Å². The van der Waals surface area contributed by atoms with Crippen LogP contribution in [-0.2, 0) is 94.4 Å². The zero-order chi connectivity index (χ0) is 94.5. The minimum atomic E-state index is -0.0441. The Morgan fingerprint density at radius 2 is 0.653 bits per heavy atom. The molecule has 0 bridgehead atoms. The fraction of sp³-hybridized carbons (Fsp3) is 0.0833. The molecule has 0 fully saturated rings. The molecule has 0 unspecified atom stereocenters. The molecule has 0 radical (unpaired) electrons. The SMILES string of the molecule is CCCC1(CCC)c2ccc(-c3ccccn3)[c-]c2-c2nc(-c3ccccc3O)ccc21.CCCn1c2ccc(-c3ccccn3)[c-]c2c2nc(-c3ccccc3O)ccc21.Oc1ccccc1-c1ccc2[se]c3ccc(-c4ccccn4)[c-]c3c2n1.Oc1ccccc1-c1ccc2oc3ccc(-c4ccccn4)[c-]c3c2n1.Oc1ccccc1-c1ccc2sc3ccc(-c4ccccn4)[c-]c3c2n1.[Ni].[Ni].[Ni].[Ni].[Ni]. The molecule has 10 aromatic carbocycles. The van der Waals surface area contributed by atoms with Gasteiger partial charge in [0.15, 0.2) is 0 Å². The van der Waals surface area contributed by atoms with Gasteiger partial charge in [0, 0.05) is 186 Å². The Labute approximate surface area is 891 Å². The second kappa shape index (κ2) is 45.8. The minimum absolute atomic E-state index is 0. The summed E-state index contributed by atoms with van der Waals surface area (Å²) in [5.41, 5.74) is 28.3. The number of furan rings is 1. The van der Waals surface area contributed by atoms with Gasteiger partial charge < -0.3 is 29.4 Å². The van der Waals surface area contributed by atoms with Crippen molar-refractivity contribution in [1.82, 2.24) is 54.4 Å². The first kappa shape index (κ1) is 102. The number of hydrogen-bond acceptors (Lipinski definition) is 17. The van der Waals surface area contributed by atoms with E-state index in [9.17, 15) is 25.5 Å². The zero-order valence-electron chi connectivity index (χ0n) is 77.3. The van der Waals surface area contributed by atoms with Crippen molar-refractivity contribution in [2.24, 2.45) is 0 Å². The number of aromatic nitrogens is 11. The molecule has 17 nitrogen and oxygen atoms in total. The first-order valence-electron chi connectivity index (χ1n) is 46.0. The molecule has 0 saturated heterocycles. The van der Waals surface area contributed by atoms with Crippen LogP contribution < -0.4 is 0 Å². The first-order chi connectivity index (χ1) is 68.3. The maximum atomic E-state index is 10.4. The van der Waals surface area contributed by atoms with Crippen LogP contribution in [0, 0.1) is 30.3 Å². The molecule has 25 rings (SSSR count). The van der Waals surface area contributed by atoms with Crippen molar-refractivity contribution in [3.05, 3.63) is 406 Å². The summed E-state index contributed by atoms with van der Waals surface area (Å²) in [5.74, 6) is 1.16. The van der Waals surface area contributed by atoms with Gasteiger partial charge in [0.25, 0.3) is 0 Å². The summed E-state index contributed by atoms with van der Waals surface area (Å²) in [5, 5.41) is 54.9. The zero-order valence-corrected chi connectivity index (χ0v) is 84.8. The molecule has 0 spiro atoms. The average molecular weight is 2180 g/mol. The van der Waals surface area contributed by atoms with Crippen molar-refractivity contribution in [2.75, 3.05) is 0 Å². The van der Waals surface area contributed by atoms with Gasteiger partial charge in [-0.2, -0.15) is 11.3 Å². The van der Waals surface area contributed by atoms with E-state index in [1.54, 1.807) is 72.5 Å². The van der Waals surface area contributed by atoms with Crippen molar-refractivity contribution < 1.29 is 112 Å². The van der Waals surface area contributed by atoms with Crippen molar-refractivity contribution in [3.8, 4) is 153 Å². The third kappa shape index (κ3) is 20.8. The molecule has 24 heteroatoms. The summed E-state index contributed by atoms with van der Waals surface area (Å²) in [6.07, 6.45) is 14.3. The maximum absolute atomic E-state index is 10.4. The van der Waals surface area contributed by atoms with E-state index in [-0.39, 0.29) is 131 Å². The van der Waals surface area contributed by atoms with Crippen LogP contribution in [0.3, 0.4) is 0 Å². The van der Waals surface area contributed by atoms with Crippen LogP contribution in [0.2, 0.25) is 0 Å². The number of hydrogen-bond donors (Lipinski definition) is 5. The van der Waals surface area contributed by atoms with Gasteiger partial charge in [-0.1, -0.05) is 198 Å². The molecule has 0 saturated carbocycles. The molecule has 14 aromatic heterocycles. The third-order valence-electron chi connectivity index (χ3n) is 24.8. The van der Waals surface area contributed by atoms with Crippen LogP contribution in [0.25, 0.3) is 208 Å². The van der Waals surface area contributed by atoms with Gasteiger partial charge in [-0.25, -0.2) is 0 Å². The summed E-state index contributed by atoms with van der Waals surface area (Å²) in [6.45, 7) is 7.59. The van der Waals surface area contributed by atoms with Crippen molar-refractivity contribution in [3.63, 3.8) is 0 Å². The van der Waals surface area contributed by atoms with E-state index in [1.807, 2.05) is 231 Å². The number of phenolic OH excluding ortho intramolecular Hbond substituents is 5. The third-order valence-corrected chi connectivity index (χ3v) is 28.2. The monoisotopic (exact) mass is 2180 g/mol. The Morgan fingerprint density at radius 3 is 1.14 bits per heavy atom. The van der Waals surface area contributed by atoms with E-state index in [0.29, 0.717) is 16.8 Å². The quantitative estimate of drug-likeness (QED) is 0.0446. The largest absolute Gasteiger partial charge is 0.507 e. The number of rotatable bonds is 16. The minimum Gasteiger partial charge on any atom is -0.507 e. The number of pyridine rings is 10. The number of para-hydroxylation sites is 5. The summed E-state index contributed by atoms with van der Waals surface area (Å²) in [7, 11) is 0. The van der Waals surface area contributed by atoms with E-state index < -0.39 is 0 Å². The maximum Gasteiger partial charge on any atom is 0.124 e. The Balaban J connectivity index is 0.000000128. The molecule has 14 heterocycles. The van der Waals surface area contributed by atoms with E-state index in [4.69, 9.17) is 29.3 Å². The van der Waals surface area contributed by atoms with E-state index >= 15 is 0 Å². The van der Waals surface area contributed by atoms with E-state index in [0.717, 1.165) is 221 Å². The van der Waals surface area contributed by atoms with Crippen LogP contribution in [0.4, 0.5) is 0 Å². The van der Waals surface area contributed by atoms with Crippen molar-refractivity contribution >= 4 is 110 Å². The Kier molecular flexibility index (Phi) is 32.6. The summed E-state index contributed by atoms with van der Waals surface area (Å²) in [4.78, 5) is 46.7. The molecular weight excluding hydrogens is 2100 g/mol. The normalized spacial score (nSPS) is 11.4. The van der Waals surface area contributed by atoms with Crippen LogP contribution in [0.5, 0.6) is 28.7 Å². The van der Waals surface area contributed by atoms with Gasteiger partial charge >= 0.3 is 156 Å². The molecule has 24 aromatic rings. The number of aryl methyl sites for hydroxylation is 1. The van der Waals surface area contributed by atoms with Gasteiger partial charge in [-0.05, 0) is 150 Å². The number of thiophene rings is 1. The molecule has 1 aliphatic carbocycles. The van der Waals surface area contributed by atoms with Crippen LogP contribution >= 0.6 is 11.3 Å². The van der Waals surface area contributed by atoms with Gasteiger partial charge in [0.05, 0.1) is 33.9 Å². The second-order valence-electron chi connectivity index (χ2n) is 33.6. The molecule has 0 amide bonds. The molecule has 724 valence electrons. The van der Waals surface area contributed by atoms with Crippen LogP contribution in [-0.4, -0.2) is 94.4 Å². The molecule has 0 atom stereocenters. The fourth-order valence-corrected chi connectivity index (χ4v) is 21.5. The van der Waals surface area contributed by atoms with Crippen molar-refractivity contribution in [1.29, 1.82) is 0 Å². The first-order valence-corrected chi connectivity index (χ1v) is 48.5. The second-order valence-corrected chi connectivity index (χ2v) is 37.0. The molecule has 144 heavy (non-hydrogen) atoms. The number of benzene rings is 10. The van der Waals surface area contributed by atoms with Gasteiger partial charge in [0.2, 0.25) is 0 Å². The Morgan fingerprint density at radius 1 is 0.292 bits per heavy atom. The summed E-state index contributed by atoms with van der Waals surface area (Å²) < 4.78 is 13.0. The van der Waals surface area contributed by atoms with E-state index in [1.165, 1.54) is 19.6 Å². The standard InChI is InChI=1S/C29H27N2O.C25H20N3O.C22H13N2O2.C22H13N2OS.C22H13N2OSe.5Ni/c1-3-16-29(17-4-2)23-13-12-20(25-10-7-8-18-30-25)19-22(23)28-24(29)14-15-26(31-28)21-9-5-6-11-27(21)32;1-2-15-28-22-12-10-17(20-8-5-6-14-26-20)16-19(22)25-23(28)13-11-21(27-25)18-7-3-4-9-24(18)29;3*25-19-7-2-1-5-15(19)18-9-11-21-22(24-18)16-13-14(8-10-20(16)26-21)17-6-3-4-12-23-17;;;;;/h5-15,18,32H,3-4,16-17H2,1-2H3;3-14,29H,2,15H2,1H3;3*1-12,25H;;;;;/q5*-1;;;;;. The summed E-state index contributed by atoms with van der Waals surface area (Å²) >= 11 is 1.93. The predicted molar refractivity (Wildman–Crippen MR) is 558 cm³/mol. The van der Waals surface area contributed by atoms with Gasteiger partial charge in [-0.15, -0.1) is 66.7 Å². The molecule has 1 aliphatic rings. The predicted octanol–water partition coefficient (Wildman–Crippen LogP) is 28.6. The number of fused-ring (bicyclic) bond motifs is 15. The number of phenols is 5. The van der Waals surface area contributed by atoms with Crippen LogP contribution in [0.15, 0.2) is 369 Å². The smallest absolute Gasteiger partial charge is 0.124 e. The van der Waals surface area contributed by atoms with Crippen molar-refractivity contribution in [2.45, 2.75) is 64.8 Å². The fourth-order valence-electron chi connectivity index (χ4n) is 18.4. The van der Waals surface area contributed by atoms with E-state index in [2.05, 4.69) is 153 Å². The summed E-state index contributed by atoms with van der Waals surface area (Å²) in [6, 6.07) is 124. The molecular formula is C120H86N11Ni5O6SSe-5. The van der Waals surface area contributed by atoms with Crippen LogP contribution in [0.1, 0.15) is 64.0 Å². The Bertz CT molecular complexity index is 8210. The molecule has 5 N–H and O–H groups in total. The number of aromatic hydroxyl groups is 5. The average Bonchev–Trinajstić information content (AvgIpc) is 1.56. The Hall–Kier alpha value is -14.5. The number of nitrogens with zero attached hydrogens (tertiary/aromatic N) is 11. The molecule has 0 aliphatic heterocycles. The van der Waals surface area contributed by atoms with Gasteiger partial charge in [0.1, 0.15) is 28.6 Å². The topological polar surface area (TPSA) is 248 Å².